The van der Waals surface area contributed by atoms with Gasteiger partial charge in [-0.3, -0.25) is 4.98 Å². The average Bonchev–Trinajstić information content (AvgIpc) is 3.37. The Kier molecular flexibility index (Phi) is 3.46. The Bertz CT molecular complexity index is 1260. The van der Waals surface area contributed by atoms with Crippen LogP contribution in [0, 0.1) is 5.82 Å². The van der Waals surface area contributed by atoms with E-state index in [0.717, 1.165) is 10.8 Å². The van der Waals surface area contributed by atoms with Gasteiger partial charge in [0.2, 0.25) is 5.82 Å². The zero-order chi connectivity index (χ0) is 18.2. The molecule has 0 aliphatic carbocycles. The van der Waals surface area contributed by atoms with Crippen LogP contribution in [0.5, 0.6) is 0 Å². The van der Waals surface area contributed by atoms with Gasteiger partial charge in [0, 0.05) is 11.6 Å². The van der Waals surface area contributed by atoms with Crippen LogP contribution < -0.4 is 0 Å². The highest BCUT2D eigenvalue weighted by Crippen LogP contribution is 2.26. The van der Waals surface area contributed by atoms with Crippen LogP contribution in [0.4, 0.5) is 4.39 Å². The molecule has 0 fully saturated rings. The highest BCUT2D eigenvalue weighted by atomic mass is 19.1. The summed E-state index contributed by atoms with van der Waals surface area (Å²) < 4.78 is 20.2. The van der Waals surface area contributed by atoms with Crippen LogP contribution in [0.15, 0.2) is 71.5 Å². The lowest BCUT2D eigenvalue weighted by Gasteiger charge is -2.00. The second kappa shape index (κ2) is 6.10. The minimum absolute atomic E-state index is 0.280. The van der Waals surface area contributed by atoms with Gasteiger partial charge >= 0.3 is 0 Å². The van der Waals surface area contributed by atoms with E-state index in [-0.39, 0.29) is 11.6 Å². The van der Waals surface area contributed by atoms with Crippen molar-refractivity contribution in [3.05, 3.63) is 72.8 Å². The molecule has 0 N–H and O–H groups in total. The SMILES string of the molecule is Fc1cccc(-n2cc(-c3noc(-c4nccc5ccccc45)n3)nn2)c1. The Labute approximate surface area is 152 Å². The van der Waals surface area contributed by atoms with Gasteiger partial charge in [-0.15, -0.1) is 5.10 Å². The summed E-state index contributed by atoms with van der Waals surface area (Å²) in [4.78, 5) is 8.76. The van der Waals surface area contributed by atoms with Crippen LogP contribution in [-0.2, 0) is 0 Å². The number of aromatic nitrogens is 6. The zero-order valence-electron chi connectivity index (χ0n) is 13.8. The normalized spacial score (nSPS) is 11.1. The highest BCUT2D eigenvalue weighted by molar-refractivity contribution is 5.92. The molecule has 3 aromatic heterocycles. The van der Waals surface area contributed by atoms with E-state index >= 15 is 0 Å². The predicted molar refractivity (Wildman–Crippen MR) is 95.3 cm³/mol. The van der Waals surface area contributed by atoms with E-state index < -0.39 is 0 Å². The second-order valence-corrected chi connectivity index (χ2v) is 5.83. The summed E-state index contributed by atoms with van der Waals surface area (Å²) in [5, 5.41) is 14.0. The minimum atomic E-state index is -0.353. The van der Waals surface area contributed by atoms with Crippen molar-refractivity contribution >= 4 is 10.8 Å². The lowest BCUT2D eigenvalue weighted by Crippen LogP contribution is -1.94. The molecular weight excluding hydrogens is 347 g/mol. The molecule has 0 aliphatic heterocycles. The van der Waals surface area contributed by atoms with Gasteiger partial charge in [-0.2, -0.15) is 4.98 Å². The van der Waals surface area contributed by atoms with Crippen molar-refractivity contribution < 1.29 is 8.91 Å². The summed E-state index contributed by atoms with van der Waals surface area (Å²) in [6.45, 7) is 0. The minimum Gasteiger partial charge on any atom is -0.332 e. The van der Waals surface area contributed by atoms with Gasteiger partial charge in [0.25, 0.3) is 5.89 Å². The van der Waals surface area contributed by atoms with Gasteiger partial charge in [-0.1, -0.05) is 40.7 Å². The zero-order valence-corrected chi connectivity index (χ0v) is 13.8. The molecule has 8 heteroatoms. The van der Waals surface area contributed by atoms with E-state index in [4.69, 9.17) is 4.52 Å². The fourth-order valence-electron chi connectivity index (χ4n) is 2.82. The molecule has 3 heterocycles. The molecule has 0 unspecified atom stereocenters. The Hall–Kier alpha value is -3.94. The van der Waals surface area contributed by atoms with E-state index in [1.54, 1.807) is 24.5 Å². The number of pyridine rings is 1. The number of nitrogens with zero attached hydrogens (tertiary/aromatic N) is 6. The number of halogens is 1. The number of rotatable bonds is 3. The van der Waals surface area contributed by atoms with E-state index in [0.29, 0.717) is 23.0 Å². The highest BCUT2D eigenvalue weighted by Gasteiger charge is 2.17. The topological polar surface area (TPSA) is 82.5 Å². The quantitative estimate of drug-likeness (QED) is 0.489. The van der Waals surface area contributed by atoms with Crippen molar-refractivity contribution in [3.8, 4) is 28.8 Å². The van der Waals surface area contributed by atoms with Gasteiger partial charge in [0.15, 0.2) is 5.69 Å². The first-order valence-corrected chi connectivity index (χ1v) is 8.14. The monoisotopic (exact) mass is 358 g/mol. The average molecular weight is 358 g/mol. The van der Waals surface area contributed by atoms with E-state index in [1.807, 2.05) is 30.3 Å². The third-order valence-electron chi connectivity index (χ3n) is 4.10. The largest absolute Gasteiger partial charge is 0.332 e. The molecule has 0 amide bonds. The lowest BCUT2D eigenvalue weighted by atomic mass is 10.1. The van der Waals surface area contributed by atoms with Crippen molar-refractivity contribution in [2.24, 2.45) is 0 Å². The van der Waals surface area contributed by atoms with Gasteiger partial charge < -0.3 is 4.52 Å². The van der Waals surface area contributed by atoms with E-state index in [2.05, 4.69) is 25.4 Å². The van der Waals surface area contributed by atoms with Crippen molar-refractivity contribution in [1.82, 2.24) is 30.1 Å². The lowest BCUT2D eigenvalue weighted by molar-refractivity contribution is 0.431. The first kappa shape index (κ1) is 15.3. The fourth-order valence-corrected chi connectivity index (χ4v) is 2.82. The molecule has 2 aromatic carbocycles. The van der Waals surface area contributed by atoms with Crippen LogP contribution in [0.1, 0.15) is 0 Å². The molecule has 0 saturated heterocycles. The van der Waals surface area contributed by atoms with Gasteiger partial charge in [0.05, 0.1) is 11.9 Å². The Morgan fingerprint density at radius 2 is 1.93 bits per heavy atom. The molecule has 130 valence electrons. The molecule has 0 spiro atoms. The van der Waals surface area contributed by atoms with Crippen LogP contribution in [-0.4, -0.2) is 30.1 Å². The molecule has 7 nitrogen and oxygen atoms in total. The maximum absolute atomic E-state index is 13.4. The first-order chi connectivity index (χ1) is 13.3. The third kappa shape index (κ3) is 2.73. The smallest absolute Gasteiger partial charge is 0.277 e. The maximum Gasteiger partial charge on any atom is 0.277 e. The van der Waals surface area contributed by atoms with Crippen molar-refractivity contribution in [2.75, 3.05) is 0 Å². The molecule has 27 heavy (non-hydrogen) atoms. The third-order valence-corrected chi connectivity index (χ3v) is 4.10. The number of benzene rings is 2. The summed E-state index contributed by atoms with van der Waals surface area (Å²) in [5.74, 6) is 0.220. The van der Waals surface area contributed by atoms with Crippen LogP contribution in [0.3, 0.4) is 0 Å². The summed E-state index contributed by atoms with van der Waals surface area (Å²) in [6.07, 6.45) is 3.31. The number of fused-ring (bicyclic) bond motifs is 1. The molecule has 5 aromatic rings. The van der Waals surface area contributed by atoms with Crippen molar-refractivity contribution in [1.29, 1.82) is 0 Å². The Morgan fingerprint density at radius 1 is 1.00 bits per heavy atom. The van der Waals surface area contributed by atoms with E-state index in [9.17, 15) is 4.39 Å². The Morgan fingerprint density at radius 3 is 2.85 bits per heavy atom. The van der Waals surface area contributed by atoms with E-state index in [1.165, 1.54) is 16.8 Å². The van der Waals surface area contributed by atoms with Gasteiger partial charge in [-0.25, -0.2) is 9.07 Å². The number of hydrogen-bond acceptors (Lipinski definition) is 6. The summed E-state index contributed by atoms with van der Waals surface area (Å²) >= 11 is 0. The molecule has 5 rings (SSSR count). The summed E-state index contributed by atoms with van der Waals surface area (Å²) in [7, 11) is 0. The number of hydrogen-bond donors (Lipinski definition) is 0. The van der Waals surface area contributed by atoms with Crippen LogP contribution >= 0.6 is 0 Å². The predicted octanol–water partition coefficient (Wildman–Crippen LogP) is 3.67. The van der Waals surface area contributed by atoms with Gasteiger partial charge in [-0.05, 0) is 29.7 Å². The fraction of sp³-hybridized carbons (Fsp3) is 0. The molecule has 0 aliphatic rings. The second-order valence-electron chi connectivity index (χ2n) is 5.83. The van der Waals surface area contributed by atoms with Crippen LogP contribution in [0.2, 0.25) is 0 Å². The van der Waals surface area contributed by atoms with Gasteiger partial charge in [0.1, 0.15) is 11.5 Å². The summed E-state index contributed by atoms with van der Waals surface area (Å²) in [5.41, 5.74) is 1.56. The molecule has 0 saturated carbocycles. The maximum atomic E-state index is 13.4. The van der Waals surface area contributed by atoms with Crippen LogP contribution in [0.25, 0.3) is 39.6 Å². The molecule has 0 atom stereocenters. The summed E-state index contributed by atoms with van der Waals surface area (Å²) in [6, 6.07) is 15.8. The molecule has 0 bridgehead atoms. The standard InChI is InChI=1S/C19H11FN6O/c20-13-5-3-6-14(10-13)26-11-16(23-25-26)18-22-19(27-24-18)17-15-7-2-1-4-12(15)8-9-21-17/h1-11H. The van der Waals surface area contributed by atoms with Crippen molar-refractivity contribution in [2.45, 2.75) is 0 Å². The molecule has 0 radical (unpaired) electrons. The first-order valence-electron chi connectivity index (χ1n) is 8.14. The van der Waals surface area contributed by atoms with Crippen molar-refractivity contribution in [3.63, 3.8) is 0 Å². The molecular formula is C19H11FN6O. The Balaban J connectivity index is 1.53.